The van der Waals surface area contributed by atoms with Crippen LogP contribution in [0.2, 0.25) is 0 Å². The minimum Gasteiger partial charge on any atom is -0.486 e. The molecule has 8 heteroatoms. The van der Waals surface area contributed by atoms with E-state index < -0.39 is 15.9 Å². The van der Waals surface area contributed by atoms with Crippen LogP contribution in [0.1, 0.15) is 31.9 Å². The minimum atomic E-state index is -3.68. The lowest BCUT2D eigenvalue weighted by Crippen LogP contribution is -2.39. The van der Waals surface area contributed by atoms with Crippen LogP contribution >= 0.6 is 0 Å². The highest BCUT2D eigenvalue weighted by Crippen LogP contribution is 2.35. The molecule has 0 spiro atoms. The van der Waals surface area contributed by atoms with E-state index in [0.29, 0.717) is 30.4 Å². The van der Waals surface area contributed by atoms with E-state index in [-0.39, 0.29) is 12.3 Å². The monoisotopic (exact) mass is 432 g/mol. The van der Waals surface area contributed by atoms with Crippen LogP contribution in [-0.2, 0) is 27.7 Å². The standard InChI is InChI=1S/C22H28N2O5S/c1-4-16-8-7-9-17(5-2)22(16)23-21(25)15-24(30(26,27)6-3)18-10-11-19-20(14-18)29-13-12-28-19/h7-11,14H,4-6,12-13,15H2,1-3H3,(H,23,25). The molecular formula is C22H28N2O5S. The normalized spacial score (nSPS) is 13.0. The molecule has 2 aromatic rings. The molecule has 2 aromatic carbocycles. The lowest BCUT2D eigenvalue weighted by Gasteiger charge is -2.26. The van der Waals surface area contributed by atoms with Crippen molar-refractivity contribution < 1.29 is 22.7 Å². The van der Waals surface area contributed by atoms with Crippen LogP contribution in [-0.4, -0.2) is 39.8 Å². The Morgan fingerprint density at radius 2 is 1.63 bits per heavy atom. The zero-order chi connectivity index (χ0) is 21.7. The molecule has 0 fully saturated rings. The van der Waals surface area contributed by atoms with Gasteiger partial charge in [-0.05, 0) is 43.0 Å². The summed E-state index contributed by atoms with van der Waals surface area (Å²) in [5.74, 6) is 0.519. The number of hydrogen-bond donors (Lipinski definition) is 1. The Balaban J connectivity index is 1.89. The topological polar surface area (TPSA) is 84.9 Å². The van der Waals surface area contributed by atoms with Gasteiger partial charge in [0.05, 0.1) is 11.4 Å². The third kappa shape index (κ3) is 4.70. The van der Waals surface area contributed by atoms with E-state index in [1.165, 1.54) is 0 Å². The number of amides is 1. The van der Waals surface area contributed by atoms with E-state index in [9.17, 15) is 13.2 Å². The average Bonchev–Trinajstić information content (AvgIpc) is 2.77. The van der Waals surface area contributed by atoms with Gasteiger partial charge >= 0.3 is 0 Å². The summed E-state index contributed by atoms with van der Waals surface area (Å²) in [7, 11) is -3.68. The molecule has 0 saturated heterocycles. The second kappa shape index (κ2) is 9.38. The maximum atomic E-state index is 12.9. The summed E-state index contributed by atoms with van der Waals surface area (Å²) in [5.41, 5.74) is 3.18. The number of fused-ring (bicyclic) bond motifs is 1. The predicted molar refractivity (Wildman–Crippen MR) is 118 cm³/mol. The van der Waals surface area contributed by atoms with Crippen LogP contribution in [0.5, 0.6) is 11.5 Å². The molecule has 1 aliphatic heterocycles. The summed E-state index contributed by atoms with van der Waals surface area (Å²) >= 11 is 0. The van der Waals surface area contributed by atoms with Gasteiger partial charge < -0.3 is 14.8 Å². The molecule has 3 rings (SSSR count). The van der Waals surface area contributed by atoms with Crippen molar-refractivity contribution in [3.8, 4) is 11.5 Å². The number of aryl methyl sites for hydroxylation is 2. The number of benzene rings is 2. The van der Waals surface area contributed by atoms with Crippen molar-refractivity contribution in [3.05, 3.63) is 47.5 Å². The molecule has 1 heterocycles. The number of nitrogens with one attached hydrogen (secondary N) is 1. The van der Waals surface area contributed by atoms with Crippen molar-refractivity contribution in [2.45, 2.75) is 33.6 Å². The number of hydrogen-bond acceptors (Lipinski definition) is 5. The van der Waals surface area contributed by atoms with Gasteiger partial charge in [-0.25, -0.2) is 8.42 Å². The zero-order valence-electron chi connectivity index (χ0n) is 17.6. The number of anilines is 2. The molecule has 30 heavy (non-hydrogen) atoms. The molecule has 0 aromatic heterocycles. The number of para-hydroxylation sites is 1. The summed E-state index contributed by atoms with van der Waals surface area (Å²) in [6.07, 6.45) is 1.53. The lowest BCUT2D eigenvalue weighted by molar-refractivity contribution is -0.114. The van der Waals surface area contributed by atoms with E-state index in [4.69, 9.17) is 9.47 Å². The summed E-state index contributed by atoms with van der Waals surface area (Å²) in [6, 6.07) is 10.8. The van der Waals surface area contributed by atoms with Crippen molar-refractivity contribution in [2.75, 3.05) is 35.1 Å². The molecule has 1 amide bonds. The summed E-state index contributed by atoms with van der Waals surface area (Å²) in [4.78, 5) is 12.9. The van der Waals surface area contributed by atoms with E-state index in [1.54, 1.807) is 25.1 Å². The highest BCUT2D eigenvalue weighted by atomic mass is 32.2. The first-order valence-electron chi connectivity index (χ1n) is 10.2. The summed E-state index contributed by atoms with van der Waals surface area (Å²) in [6.45, 7) is 6.12. The molecule has 0 radical (unpaired) electrons. The van der Waals surface area contributed by atoms with E-state index >= 15 is 0 Å². The number of sulfonamides is 1. The van der Waals surface area contributed by atoms with Crippen LogP contribution < -0.4 is 19.1 Å². The minimum absolute atomic E-state index is 0.125. The van der Waals surface area contributed by atoms with Crippen molar-refractivity contribution in [3.63, 3.8) is 0 Å². The van der Waals surface area contributed by atoms with Gasteiger partial charge in [-0.2, -0.15) is 0 Å². The smallest absolute Gasteiger partial charge is 0.245 e. The van der Waals surface area contributed by atoms with Crippen LogP contribution in [0.4, 0.5) is 11.4 Å². The third-order valence-electron chi connectivity index (χ3n) is 5.06. The fourth-order valence-electron chi connectivity index (χ4n) is 3.41. The van der Waals surface area contributed by atoms with Gasteiger partial charge in [0, 0.05) is 11.8 Å². The van der Waals surface area contributed by atoms with Gasteiger partial charge in [0.25, 0.3) is 0 Å². The Bertz CT molecular complexity index is 998. The van der Waals surface area contributed by atoms with Crippen molar-refractivity contribution in [1.29, 1.82) is 0 Å². The Hall–Kier alpha value is -2.74. The van der Waals surface area contributed by atoms with Gasteiger partial charge in [-0.3, -0.25) is 9.10 Å². The van der Waals surface area contributed by atoms with Crippen LogP contribution in [0.25, 0.3) is 0 Å². The fourth-order valence-corrected chi connectivity index (χ4v) is 4.47. The van der Waals surface area contributed by atoms with Crippen LogP contribution in [0.3, 0.4) is 0 Å². The lowest BCUT2D eigenvalue weighted by atomic mass is 10.0. The Morgan fingerprint density at radius 3 is 2.23 bits per heavy atom. The molecule has 0 unspecified atom stereocenters. The fraction of sp³-hybridized carbons (Fsp3) is 0.409. The molecular weight excluding hydrogens is 404 g/mol. The number of rotatable bonds is 8. The Labute approximate surface area is 178 Å². The maximum Gasteiger partial charge on any atom is 0.245 e. The van der Waals surface area contributed by atoms with Gasteiger partial charge in [-0.1, -0.05) is 32.0 Å². The Kier molecular flexibility index (Phi) is 6.87. The van der Waals surface area contributed by atoms with E-state index in [1.807, 2.05) is 32.0 Å². The molecule has 0 saturated carbocycles. The van der Waals surface area contributed by atoms with E-state index in [0.717, 1.165) is 34.0 Å². The molecule has 162 valence electrons. The third-order valence-corrected chi connectivity index (χ3v) is 6.81. The summed E-state index contributed by atoms with van der Waals surface area (Å²) in [5, 5.41) is 2.94. The zero-order valence-corrected chi connectivity index (χ0v) is 18.4. The molecule has 7 nitrogen and oxygen atoms in total. The Morgan fingerprint density at radius 1 is 1.00 bits per heavy atom. The number of ether oxygens (including phenoxy) is 2. The van der Waals surface area contributed by atoms with Gasteiger partial charge in [0.15, 0.2) is 11.5 Å². The first-order valence-corrected chi connectivity index (χ1v) is 11.8. The summed E-state index contributed by atoms with van der Waals surface area (Å²) < 4.78 is 37.8. The van der Waals surface area contributed by atoms with Gasteiger partial charge in [0.1, 0.15) is 19.8 Å². The second-order valence-electron chi connectivity index (χ2n) is 6.94. The first-order chi connectivity index (χ1) is 14.4. The van der Waals surface area contributed by atoms with Crippen molar-refractivity contribution in [1.82, 2.24) is 0 Å². The largest absolute Gasteiger partial charge is 0.486 e. The van der Waals surface area contributed by atoms with Gasteiger partial charge in [0.2, 0.25) is 15.9 Å². The number of nitrogens with zero attached hydrogens (tertiary/aromatic N) is 1. The molecule has 0 atom stereocenters. The van der Waals surface area contributed by atoms with Crippen LogP contribution in [0, 0.1) is 0 Å². The van der Waals surface area contributed by atoms with Crippen molar-refractivity contribution >= 4 is 27.3 Å². The number of carbonyl (C=O) groups is 1. The first kappa shape index (κ1) is 22.0. The van der Waals surface area contributed by atoms with Crippen molar-refractivity contribution in [2.24, 2.45) is 0 Å². The number of carbonyl (C=O) groups excluding carboxylic acids is 1. The van der Waals surface area contributed by atoms with Gasteiger partial charge in [-0.15, -0.1) is 0 Å². The SMILES string of the molecule is CCc1cccc(CC)c1NC(=O)CN(c1ccc2c(c1)OCCO2)S(=O)(=O)CC. The highest BCUT2D eigenvalue weighted by molar-refractivity contribution is 7.92. The second-order valence-corrected chi connectivity index (χ2v) is 9.12. The average molecular weight is 433 g/mol. The predicted octanol–water partition coefficient (Wildman–Crippen LogP) is 3.38. The highest BCUT2D eigenvalue weighted by Gasteiger charge is 2.26. The van der Waals surface area contributed by atoms with Crippen LogP contribution in [0.15, 0.2) is 36.4 Å². The molecule has 0 bridgehead atoms. The molecule has 1 N–H and O–H groups in total. The maximum absolute atomic E-state index is 12.9. The van der Waals surface area contributed by atoms with E-state index in [2.05, 4.69) is 5.32 Å². The molecule has 1 aliphatic rings. The quantitative estimate of drug-likeness (QED) is 0.691. The molecule has 0 aliphatic carbocycles.